The van der Waals surface area contributed by atoms with E-state index in [-0.39, 0.29) is 12.0 Å². The minimum atomic E-state index is -0.102. The van der Waals surface area contributed by atoms with Crippen LogP contribution in [0.25, 0.3) is 11.3 Å². The van der Waals surface area contributed by atoms with Crippen LogP contribution in [-0.2, 0) is 11.3 Å². The van der Waals surface area contributed by atoms with Crippen molar-refractivity contribution in [2.75, 3.05) is 26.4 Å². The van der Waals surface area contributed by atoms with Gasteiger partial charge in [0.05, 0.1) is 31.8 Å². The highest BCUT2D eigenvalue weighted by molar-refractivity contribution is 5.57. The van der Waals surface area contributed by atoms with Crippen molar-refractivity contribution in [1.29, 1.82) is 0 Å². The van der Waals surface area contributed by atoms with Crippen molar-refractivity contribution < 1.29 is 14.3 Å². The molecular weight excluding hydrogens is 254 g/mol. The molecule has 2 heterocycles. The lowest BCUT2D eigenvalue weighted by atomic mass is 9.87. The second-order valence-electron chi connectivity index (χ2n) is 5.39. The number of nitrogens with one attached hydrogen (secondary N) is 1. The van der Waals surface area contributed by atoms with E-state index in [4.69, 9.17) is 9.15 Å². The molecule has 0 saturated carbocycles. The van der Waals surface area contributed by atoms with Gasteiger partial charge in [-0.05, 0) is 12.1 Å². The SMILES string of the molecule is OCC1(CNCc2ccc(-c3ccccc3)o2)COC1. The maximum atomic E-state index is 9.34. The van der Waals surface area contributed by atoms with Gasteiger partial charge in [0.25, 0.3) is 0 Å². The average Bonchev–Trinajstić information content (AvgIpc) is 2.92. The molecular formula is C16H19NO3. The zero-order valence-corrected chi connectivity index (χ0v) is 11.3. The monoisotopic (exact) mass is 273 g/mol. The molecule has 0 atom stereocenters. The second-order valence-corrected chi connectivity index (χ2v) is 5.39. The van der Waals surface area contributed by atoms with Crippen LogP contribution in [-0.4, -0.2) is 31.5 Å². The Balaban J connectivity index is 1.55. The third kappa shape index (κ3) is 2.77. The molecule has 4 nitrogen and oxygen atoms in total. The molecule has 1 aromatic carbocycles. The maximum absolute atomic E-state index is 9.34. The normalized spacial score (nSPS) is 16.9. The summed E-state index contributed by atoms with van der Waals surface area (Å²) in [7, 11) is 0. The van der Waals surface area contributed by atoms with Crippen molar-refractivity contribution in [3.8, 4) is 11.3 Å². The lowest BCUT2D eigenvalue weighted by Gasteiger charge is -2.39. The summed E-state index contributed by atoms with van der Waals surface area (Å²) in [6.07, 6.45) is 0. The van der Waals surface area contributed by atoms with Gasteiger partial charge in [-0.1, -0.05) is 30.3 Å². The molecule has 0 spiro atoms. The highest BCUT2D eigenvalue weighted by Gasteiger charge is 2.37. The number of ether oxygens (including phenoxy) is 1. The third-order valence-corrected chi connectivity index (χ3v) is 3.67. The molecule has 0 unspecified atom stereocenters. The van der Waals surface area contributed by atoms with Crippen LogP contribution in [0.4, 0.5) is 0 Å². The van der Waals surface area contributed by atoms with E-state index >= 15 is 0 Å². The molecule has 2 N–H and O–H groups in total. The average molecular weight is 273 g/mol. The van der Waals surface area contributed by atoms with Crippen molar-refractivity contribution >= 4 is 0 Å². The first-order valence-electron chi connectivity index (χ1n) is 6.85. The molecule has 2 aromatic rings. The highest BCUT2D eigenvalue weighted by atomic mass is 16.5. The van der Waals surface area contributed by atoms with E-state index in [2.05, 4.69) is 5.32 Å². The fourth-order valence-corrected chi connectivity index (χ4v) is 2.32. The molecule has 1 saturated heterocycles. The number of benzene rings is 1. The van der Waals surface area contributed by atoms with Crippen molar-refractivity contribution in [2.24, 2.45) is 5.41 Å². The summed E-state index contributed by atoms with van der Waals surface area (Å²) < 4.78 is 11.0. The standard InChI is InChI=1S/C16H19NO3/c18-10-16(11-19-12-16)9-17-8-14-6-7-15(20-14)13-4-2-1-3-5-13/h1-7,17-18H,8-12H2. The zero-order chi connectivity index (χ0) is 13.8. The largest absolute Gasteiger partial charge is 0.460 e. The van der Waals surface area contributed by atoms with Crippen LogP contribution in [0.1, 0.15) is 5.76 Å². The van der Waals surface area contributed by atoms with E-state index < -0.39 is 0 Å². The molecule has 4 heteroatoms. The Bertz CT molecular complexity index is 540. The Morgan fingerprint density at radius 2 is 1.90 bits per heavy atom. The minimum Gasteiger partial charge on any atom is -0.460 e. The first-order chi connectivity index (χ1) is 9.81. The van der Waals surface area contributed by atoms with Crippen LogP contribution in [0.15, 0.2) is 46.9 Å². The summed E-state index contributed by atoms with van der Waals surface area (Å²) in [6.45, 7) is 2.82. The van der Waals surface area contributed by atoms with Crippen LogP contribution >= 0.6 is 0 Å². The van der Waals surface area contributed by atoms with Crippen LogP contribution in [0.3, 0.4) is 0 Å². The fraction of sp³-hybridized carbons (Fsp3) is 0.375. The summed E-state index contributed by atoms with van der Waals surface area (Å²) in [5.74, 6) is 1.78. The summed E-state index contributed by atoms with van der Waals surface area (Å²) in [5, 5.41) is 12.7. The molecule has 0 amide bonds. The smallest absolute Gasteiger partial charge is 0.134 e. The molecule has 20 heavy (non-hydrogen) atoms. The van der Waals surface area contributed by atoms with E-state index in [1.54, 1.807) is 0 Å². The van der Waals surface area contributed by atoms with Crippen LogP contribution in [0.2, 0.25) is 0 Å². The number of aliphatic hydroxyl groups excluding tert-OH is 1. The van der Waals surface area contributed by atoms with Gasteiger partial charge < -0.3 is 19.6 Å². The van der Waals surface area contributed by atoms with E-state index in [9.17, 15) is 5.11 Å². The number of hydrogen-bond donors (Lipinski definition) is 2. The van der Waals surface area contributed by atoms with Crippen LogP contribution in [0, 0.1) is 5.41 Å². The maximum Gasteiger partial charge on any atom is 0.134 e. The summed E-state index contributed by atoms with van der Waals surface area (Å²) >= 11 is 0. The molecule has 3 rings (SSSR count). The molecule has 1 aliphatic rings. The van der Waals surface area contributed by atoms with E-state index in [1.807, 2.05) is 42.5 Å². The van der Waals surface area contributed by atoms with E-state index in [1.165, 1.54) is 0 Å². The van der Waals surface area contributed by atoms with Crippen molar-refractivity contribution in [1.82, 2.24) is 5.32 Å². The van der Waals surface area contributed by atoms with Gasteiger partial charge in [0.2, 0.25) is 0 Å². The van der Waals surface area contributed by atoms with E-state index in [0.717, 1.165) is 23.6 Å². The molecule has 0 bridgehead atoms. The van der Waals surface area contributed by atoms with Crippen LogP contribution in [0.5, 0.6) is 0 Å². The van der Waals surface area contributed by atoms with E-state index in [0.29, 0.717) is 19.8 Å². The molecule has 0 aliphatic carbocycles. The zero-order valence-electron chi connectivity index (χ0n) is 11.3. The number of rotatable bonds is 6. The Morgan fingerprint density at radius 3 is 2.55 bits per heavy atom. The number of furan rings is 1. The lowest BCUT2D eigenvalue weighted by Crippen LogP contribution is -2.52. The fourth-order valence-electron chi connectivity index (χ4n) is 2.32. The number of hydrogen-bond acceptors (Lipinski definition) is 4. The molecule has 1 fully saturated rings. The second kappa shape index (κ2) is 5.79. The lowest BCUT2D eigenvalue weighted by molar-refractivity contribution is -0.134. The molecule has 1 aromatic heterocycles. The van der Waals surface area contributed by atoms with Crippen molar-refractivity contribution in [3.05, 3.63) is 48.2 Å². The Morgan fingerprint density at radius 1 is 1.10 bits per heavy atom. The molecule has 1 aliphatic heterocycles. The predicted molar refractivity (Wildman–Crippen MR) is 76.2 cm³/mol. The minimum absolute atomic E-state index is 0.102. The molecule has 106 valence electrons. The predicted octanol–water partition coefficient (Wildman–Crippen LogP) is 2.05. The van der Waals surface area contributed by atoms with Gasteiger partial charge in [0, 0.05) is 12.1 Å². The Hall–Kier alpha value is -1.62. The first-order valence-corrected chi connectivity index (χ1v) is 6.85. The van der Waals surface area contributed by atoms with Gasteiger partial charge in [-0.25, -0.2) is 0 Å². The highest BCUT2D eigenvalue weighted by Crippen LogP contribution is 2.26. The molecule has 0 radical (unpaired) electrons. The van der Waals surface area contributed by atoms with Gasteiger partial charge in [-0.2, -0.15) is 0 Å². The quantitative estimate of drug-likeness (QED) is 0.845. The summed E-state index contributed by atoms with van der Waals surface area (Å²) in [6, 6.07) is 14.0. The first kappa shape index (κ1) is 13.4. The van der Waals surface area contributed by atoms with Gasteiger partial charge in [0.15, 0.2) is 0 Å². The Labute approximate surface area is 118 Å². The van der Waals surface area contributed by atoms with Crippen LogP contribution < -0.4 is 5.32 Å². The van der Waals surface area contributed by atoms with Gasteiger partial charge in [-0.3, -0.25) is 0 Å². The topological polar surface area (TPSA) is 54.6 Å². The third-order valence-electron chi connectivity index (χ3n) is 3.67. The van der Waals surface area contributed by atoms with Gasteiger partial charge in [-0.15, -0.1) is 0 Å². The van der Waals surface area contributed by atoms with Crippen molar-refractivity contribution in [2.45, 2.75) is 6.54 Å². The van der Waals surface area contributed by atoms with Gasteiger partial charge in [0.1, 0.15) is 11.5 Å². The number of aliphatic hydroxyl groups is 1. The summed E-state index contributed by atoms with van der Waals surface area (Å²) in [5.41, 5.74) is 0.979. The Kier molecular flexibility index (Phi) is 3.87. The van der Waals surface area contributed by atoms with Crippen molar-refractivity contribution in [3.63, 3.8) is 0 Å². The summed E-state index contributed by atoms with van der Waals surface area (Å²) in [4.78, 5) is 0. The van der Waals surface area contributed by atoms with Gasteiger partial charge >= 0.3 is 0 Å².